The summed E-state index contributed by atoms with van der Waals surface area (Å²) in [5.74, 6) is 1.34. The fourth-order valence-electron chi connectivity index (χ4n) is 3.46. The topological polar surface area (TPSA) is 104 Å². The first-order chi connectivity index (χ1) is 14.2. The molecule has 0 bridgehead atoms. The van der Waals surface area contributed by atoms with E-state index in [0.29, 0.717) is 24.5 Å². The minimum Gasteiger partial charge on any atom is -0.462 e. The van der Waals surface area contributed by atoms with Crippen LogP contribution >= 0.6 is 0 Å². The SMILES string of the molecule is CCCCOc1nc(N)c2ncc(Cc3cnc(N4CCOCC4)c(C)c3)n2n1. The van der Waals surface area contributed by atoms with Crippen molar-refractivity contribution in [2.75, 3.05) is 43.5 Å². The van der Waals surface area contributed by atoms with Gasteiger partial charge in [0.05, 0.1) is 31.7 Å². The van der Waals surface area contributed by atoms with Gasteiger partial charge in [0.2, 0.25) is 0 Å². The van der Waals surface area contributed by atoms with Crippen molar-refractivity contribution >= 4 is 17.3 Å². The summed E-state index contributed by atoms with van der Waals surface area (Å²) in [5, 5.41) is 4.48. The number of pyridine rings is 1. The van der Waals surface area contributed by atoms with Crippen LogP contribution in [0.2, 0.25) is 0 Å². The van der Waals surface area contributed by atoms with Gasteiger partial charge in [0.1, 0.15) is 5.82 Å². The molecular weight excluding hydrogens is 370 g/mol. The van der Waals surface area contributed by atoms with Crippen LogP contribution in [-0.2, 0) is 11.2 Å². The maximum Gasteiger partial charge on any atom is 0.336 e. The number of anilines is 2. The van der Waals surface area contributed by atoms with Crippen LogP contribution in [0.25, 0.3) is 5.65 Å². The van der Waals surface area contributed by atoms with Crippen molar-refractivity contribution in [1.29, 1.82) is 0 Å². The molecule has 1 fully saturated rings. The molecule has 0 amide bonds. The first kappa shape index (κ1) is 19.4. The molecule has 0 atom stereocenters. The van der Waals surface area contributed by atoms with Crippen molar-refractivity contribution in [3.63, 3.8) is 0 Å². The van der Waals surface area contributed by atoms with Crippen LogP contribution in [0.5, 0.6) is 6.01 Å². The monoisotopic (exact) mass is 397 g/mol. The van der Waals surface area contributed by atoms with Crippen LogP contribution in [0.3, 0.4) is 0 Å². The van der Waals surface area contributed by atoms with E-state index in [1.165, 1.54) is 0 Å². The number of rotatable bonds is 7. The van der Waals surface area contributed by atoms with Crippen LogP contribution in [0.1, 0.15) is 36.6 Å². The molecule has 3 aromatic heterocycles. The number of morpholine rings is 1. The zero-order valence-electron chi connectivity index (χ0n) is 17.0. The number of ether oxygens (including phenoxy) is 2. The summed E-state index contributed by atoms with van der Waals surface area (Å²) in [7, 11) is 0. The lowest BCUT2D eigenvalue weighted by molar-refractivity contribution is 0.122. The smallest absolute Gasteiger partial charge is 0.336 e. The van der Waals surface area contributed by atoms with Gasteiger partial charge in [-0.25, -0.2) is 14.5 Å². The zero-order valence-corrected chi connectivity index (χ0v) is 17.0. The number of nitrogen functional groups attached to an aromatic ring is 1. The molecule has 4 heterocycles. The molecule has 0 saturated carbocycles. The Morgan fingerprint density at radius 2 is 2.03 bits per heavy atom. The first-order valence-corrected chi connectivity index (χ1v) is 10.1. The van der Waals surface area contributed by atoms with E-state index < -0.39 is 0 Å². The molecule has 1 aliphatic heterocycles. The number of aromatic nitrogens is 5. The van der Waals surface area contributed by atoms with E-state index in [-0.39, 0.29) is 6.01 Å². The lowest BCUT2D eigenvalue weighted by Gasteiger charge is -2.29. The normalized spacial score (nSPS) is 14.5. The van der Waals surface area contributed by atoms with Crippen LogP contribution in [0.15, 0.2) is 18.5 Å². The molecule has 9 heteroatoms. The molecule has 4 rings (SSSR count). The minimum atomic E-state index is 0.277. The van der Waals surface area contributed by atoms with Crippen molar-refractivity contribution in [2.45, 2.75) is 33.1 Å². The van der Waals surface area contributed by atoms with Crippen molar-refractivity contribution in [3.05, 3.63) is 35.3 Å². The molecule has 1 saturated heterocycles. The van der Waals surface area contributed by atoms with Gasteiger partial charge in [0.15, 0.2) is 11.5 Å². The average molecular weight is 397 g/mol. The number of nitrogens with zero attached hydrogens (tertiary/aromatic N) is 6. The highest BCUT2D eigenvalue weighted by Gasteiger charge is 2.16. The second kappa shape index (κ2) is 8.60. The number of unbranched alkanes of at least 4 members (excludes halogenated alkanes) is 1. The van der Waals surface area contributed by atoms with Crippen LogP contribution < -0.4 is 15.4 Å². The van der Waals surface area contributed by atoms with Crippen molar-refractivity contribution in [1.82, 2.24) is 24.6 Å². The minimum absolute atomic E-state index is 0.277. The largest absolute Gasteiger partial charge is 0.462 e. The highest BCUT2D eigenvalue weighted by atomic mass is 16.5. The Bertz CT molecular complexity index is 982. The number of fused-ring (bicyclic) bond motifs is 1. The van der Waals surface area contributed by atoms with E-state index in [0.717, 1.165) is 61.8 Å². The van der Waals surface area contributed by atoms with Gasteiger partial charge in [-0.3, -0.25) is 0 Å². The Balaban J connectivity index is 1.56. The second-order valence-corrected chi connectivity index (χ2v) is 7.23. The lowest BCUT2D eigenvalue weighted by atomic mass is 10.1. The van der Waals surface area contributed by atoms with E-state index in [1.54, 1.807) is 10.7 Å². The summed E-state index contributed by atoms with van der Waals surface area (Å²) in [6.07, 6.45) is 6.32. The van der Waals surface area contributed by atoms with Gasteiger partial charge in [0.25, 0.3) is 0 Å². The lowest BCUT2D eigenvalue weighted by Crippen LogP contribution is -2.37. The molecule has 0 unspecified atom stereocenters. The molecule has 0 radical (unpaired) electrons. The molecule has 9 nitrogen and oxygen atoms in total. The molecule has 1 aliphatic rings. The van der Waals surface area contributed by atoms with Crippen LogP contribution in [0.4, 0.5) is 11.6 Å². The van der Waals surface area contributed by atoms with Crippen LogP contribution in [-0.4, -0.2) is 57.5 Å². The van der Waals surface area contributed by atoms with Crippen molar-refractivity contribution in [2.24, 2.45) is 0 Å². The molecule has 2 N–H and O–H groups in total. The van der Waals surface area contributed by atoms with E-state index >= 15 is 0 Å². The summed E-state index contributed by atoms with van der Waals surface area (Å²) in [5.41, 5.74) is 9.74. The molecule has 3 aromatic rings. The number of hydrogen-bond donors (Lipinski definition) is 1. The van der Waals surface area contributed by atoms with E-state index in [4.69, 9.17) is 20.2 Å². The number of nitrogens with two attached hydrogens (primary N) is 1. The third kappa shape index (κ3) is 4.24. The highest BCUT2D eigenvalue weighted by Crippen LogP contribution is 2.22. The number of hydrogen-bond acceptors (Lipinski definition) is 8. The van der Waals surface area contributed by atoms with Gasteiger partial charge >= 0.3 is 6.01 Å². The summed E-state index contributed by atoms with van der Waals surface area (Å²) < 4.78 is 12.8. The fourth-order valence-corrected chi connectivity index (χ4v) is 3.46. The summed E-state index contributed by atoms with van der Waals surface area (Å²) in [4.78, 5) is 15.6. The Hall–Kier alpha value is -2.94. The zero-order chi connectivity index (χ0) is 20.2. The average Bonchev–Trinajstić information content (AvgIpc) is 3.12. The van der Waals surface area contributed by atoms with Crippen molar-refractivity contribution < 1.29 is 9.47 Å². The summed E-state index contributed by atoms with van der Waals surface area (Å²) in [6, 6.07) is 2.44. The maximum absolute atomic E-state index is 6.05. The number of imidazole rings is 1. The van der Waals surface area contributed by atoms with Crippen molar-refractivity contribution in [3.8, 4) is 6.01 Å². The molecule has 154 valence electrons. The van der Waals surface area contributed by atoms with E-state index in [9.17, 15) is 0 Å². The Morgan fingerprint density at radius 1 is 1.21 bits per heavy atom. The third-order valence-electron chi connectivity index (χ3n) is 4.97. The molecule has 0 aromatic carbocycles. The predicted octanol–water partition coefficient (Wildman–Crippen LogP) is 2.02. The first-order valence-electron chi connectivity index (χ1n) is 10.1. The maximum atomic E-state index is 6.05. The standard InChI is InChI=1S/C20H27N7O2/c1-3-4-7-29-20-24-17(21)19-23-13-16(27(19)25-20)11-15-10-14(2)18(22-12-15)26-5-8-28-9-6-26/h10,12-13H,3-9,11H2,1-2H3,(H2,21,24,25). The van der Waals surface area contributed by atoms with Gasteiger partial charge in [-0.05, 0) is 24.5 Å². The molecular formula is C20H27N7O2. The predicted molar refractivity (Wildman–Crippen MR) is 110 cm³/mol. The van der Waals surface area contributed by atoms with Gasteiger partial charge < -0.3 is 20.1 Å². The quantitative estimate of drug-likeness (QED) is 0.604. The third-order valence-corrected chi connectivity index (χ3v) is 4.97. The Morgan fingerprint density at radius 3 is 2.79 bits per heavy atom. The number of aryl methyl sites for hydroxylation is 1. The highest BCUT2D eigenvalue weighted by molar-refractivity contribution is 5.60. The summed E-state index contributed by atoms with van der Waals surface area (Å²) >= 11 is 0. The van der Waals surface area contributed by atoms with Gasteiger partial charge in [-0.2, -0.15) is 4.98 Å². The molecule has 0 spiro atoms. The molecule has 29 heavy (non-hydrogen) atoms. The van der Waals surface area contributed by atoms with Gasteiger partial charge in [-0.15, -0.1) is 5.10 Å². The van der Waals surface area contributed by atoms with Gasteiger partial charge in [-0.1, -0.05) is 19.4 Å². The van der Waals surface area contributed by atoms with Crippen LogP contribution in [0, 0.1) is 6.92 Å². The second-order valence-electron chi connectivity index (χ2n) is 7.23. The van der Waals surface area contributed by atoms with E-state index in [1.807, 2.05) is 6.20 Å². The Kier molecular flexibility index (Phi) is 5.75. The van der Waals surface area contributed by atoms with Gasteiger partial charge in [0, 0.05) is 25.7 Å². The molecule has 0 aliphatic carbocycles. The van der Waals surface area contributed by atoms with E-state index in [2.05, 4.69) is 39.9 Å². The summed E-state index contributed by atoms with van der Waals surface area (Å²) in [6.45, 7) is 8.00. The fraction of sp³-hybridized carbons (Fsp3) is 0.500. The Labute approximate surface area is 169 Å².